The lowest BCUT2D eigenvalue weighted by atomic mass is 10.1. The number of aryl methyl sites for hydroxylation is 1. The number of hydrogen-bond donors (Lipinski definition) is 2. The van der Waals surface area contributed by atoms with Gasteiger partial charge in [-0.1, -0.05) is 0 Å². The van der Waals surface area contributed by atoms with Crippen LogP contribution in [0.5, 0.6) is 5.75 Å². The Morgan fingerprint density at radius 2 is 2.00 bits per heavy atom. The third-order valence-electron chi connectivity index (χ3n) is 3.81. The molecule has 24 heavy (non-hydrogen) atoms. The van der Waals surface area contributed by atoms with Crippen molar-refractivity contribution in [1.29, 1.82) is 0 Å². The van der Waals surface area contributed by atoms with E-state index in [4.69, 9.17) is 5.73 Å². The Kier molecular flexibility index (Phi) is 4.19. The SMILES string of the molecule is Cn1c(CSc2ccc(F)cc2F)c(C(N)=O)c2cc(O)ccc21. The Bertz CT molecular complexity index is 953. The Morgan fingerprint density at radius 3 is 2.67 bits per heavy atom. The average Bonchev–Trinajstić information content (AvgIpc) is 2.78. The number of amides is 1. The number of benzene rings is 2. The van der Waals surface area contributed by atoms with Gasteiger partial charge in [0.2, 0.25) is 0 Å². The number of thioether (sulfide) groups is 1. The maximum Gasteiger partial charge on any atom is 0.251 e. The van der Waals surface area contributed by atoms with Gasteiger partial charge in [-0.15, -0.1) is 11.8 Å². The molecule has 4 nitrogen and oxygen atoms in total. The van der Waals surface area contributed by atoms with Gasteiger partial charge in [0.05, 0.1) is 5.56 Å². The highest BCUT2D eigenvalue weighted by atomic mass is 32.2. The van der Waals surface area contributed by atoms with E-state index in [2.05, 4.69) is 0 Å². The molecule has 0 spiro atoms. The van der Waals surface area contributed by atoms with E-state index in [1.807, 2.05) is 0 Å². The van der Waals surface area contributed by atoms with Crippen molar-refractivity contribution < 1.29 is 18.7 Å². The zero-order valence-electron chi connectivity index (χ0n) is 12.7. The molecule has 1 heterocycles. The molecule has 7 heteroatoms. The van der Waals surface area contributed by atoms with Crippen molar-refractivity contribution in [1.82, 2.24) is 4.57 Å². The van der Waals surface area contributed by atoms with Crippen LogP contribution in [-0.4, -0.2) is 15.6 Å². The van der Waals surface area contributed by atoms with Gasteiger partial charge in [-0.05, 0) is 30.3 Å². The number of phenolic OH excluding ortho intramolecular Hbond substituents is 1. The minimum absolute atomic E-state index is 0.0272. The molecule has 2 aromatic carbocycles. The second kappa shape index (κ2) is 6.16. The molecule has 3 N–H and O–H groups in total. The van der Waals surface area contributed by atoms with Crippen molar-refractivity contribution in [2.24, 2.45) is 12.8 Å². The molecule has 3 aromatic rings. The van der Waals surface area contributed by atoms with E-state index in [1.165, 1.54) is 24.3 Å². The number of fused-ring (bicyclic) bond motifs is 1. The molecule has 124 valence electrons. The van der Waals surface area contributed by atoms with Gasteiger partial charge in [0.25, 0.3) is 5.91 Å². The van der Waals surface area contributed by atoms with Gasteiger partial charge in [0, 0.05) is 40.4 Å². The van der Waals surface area contributed by atoms with Crippen LogP contribution in [-0.2, 0) is 12.8 Å². The first-order valence-corrected chi connectivity index (χ1v) is 8.05. The number of carbonyl (C=O) groups is 1. The molecule has 0 aliphatic rings. The number of nitrogens with two attached hydrogens (primary N) is 1. The summed E-state index contributed by atoms with van der Waals surface area (Å²) in [5.74, 6) is -1.63. The highest BCUT2D eigenvalue weighted by Gasteiger charge is 2.20. The van der Waals surface area contributed by atoms with Crippen LogP contribution < -0.4 is 5.73 Å². The molecule has 1 amide bonds. The van der Waals surface area contributed by atoms with Crippen molar-refractivity contribution >= 4 is 28.6 Å². The van der Waals surface area contributed by atoms with E-state index in [-0.39, 0.29) is 16.4 Å². The fourth-order valence-electron chi connectivity index (χ4n) is 2.67. The quantitative estimate of drug-likeness (QED) is 0.709. The fraction of sp³-hybridized carbons (Fsp3) is 0.118. The normalized spacial score (nSPS) is 11.1. The van der Waals surface area contributed by atoms with Gasteiger partial charge in [-0.25, -0.2) is 8.78 Å². The van der Waals surface area contributed by atoms with Crippen molar-refractivity contribution in [3.63, 3.8) is 0 Å². The molecule has 0 aliphatic carbocycles. The molecule has 0 aliphatic heterocycles. The molecule has 0 saturated heterocycles. The molecule has 0 saturated carbocycles. The van der Waals surface area contributed by atoms with E-state index in [0.29, 0.717) is 16.6 Å². The standard InChI is InChI=1S/C17H14F2N2O2S/c1-21-13-4-3-10(22)7-11(13)16(17(20)23)14(21)8-24-15-5-2-9(18)6-12(15)19/h2-7,22H,8H2,1H3,(H2,20,23). The number of primary amides is 1. The molecule has 0 fully saturated rings. The Labute approximate surface area is 140 Å². The first-order valence-electron chi connectivity index (χ1n) is 7.06. The Hall–Kier alpha value is -2.54. The van der Waals surface area contributed by atoms with Gasteiger partial charge in [-0.2, -0.15) is 0 Å². The number of nitrogens with zero attached hydrogens (tertiary/aromatic N) is 1. The maximum atomic E-state index is 13.8. The fourth-order valence-corrected chi connectivity index (χ4v) is 3.66. The van der Waals surface area contributed by atoms with Crippen LogP contribution in [0.1, 0.15) is 16.1 Å². The zero-order chi connectivity index (χ0) is 17.4. The van der Waals surface area contributed by atoms with E-state index >= 15 is 0 Å². The van der Waals surface area contributed by atoms with Crippen molar-refractivity contribution in [3.8, 4) is 5.75 Å². The number of halogens is 2. The Morgan fingerprint density at radius 1 is 1.25 bits per heavy atom. The highest BCUT2D eigenvalue weighted by molar-refractivity contribution is 7.98. The van der Waals surface area contributed by atoms with Gasteiger partial charge in [0.15, 0.2) is 0 Å². The molecule has 0 atom stereocenters. The summed E-state index contributed by atoms with van der Waals surface area (Å²) in [5, 5.41) is 10.2. The number of hydrogen-bond acceptors (Lipinski definition) is 3. The summed E-state index contributed by atoms with van der Waals surface area (Å²) < 4.78 is 28.5. The second-order valence-corrected chi connectivity index (χ2v) is 6.33. The first-order chi connectivity index (χ1) is 11.4. The lowest BCUT2D eigenvalue weighted by Gasteiger charge is -2.07. The van der Waals surface area contributed by atoms with Gasteiger partial charge in [-0.3, -0.25) is 4.79 Å². The van der Waals surface area contributed by atoms with Crippen molar-refractivity contribution in [2.45, 2.75) is 10.6 Å². The first kappa shape index (κ1) is 16.3. The molecule has 0 bridgehead atoms. The number of aromatic nitrogens is 1. The van der Waals surface area contributed by atoms with Crippen molar-refractivity contribution in [2.75, 3.05) is 0 Å². The van der Waals surface area contributed by atoms with Gasteiger partial charge in [0.1, 0.15) is 17.4 Å². The minimum atomic E-state index is -0.656. The summed E-state index contributed by atoms with van der Waals surface area (Å²) in [4.78, 5) is 12.2. The smallest absolute Gasteiger partial charge is 0.251 e. The summed E-state index contributed by atoms with van der Waals surface area (Å²) >= 11 is 1.14. The largest absolute Gasteiger partial charge is 0.508 e. The summed E-state index contributed by atoms with van der Waals surface area (Å²) in [7, 11) is 1.77. The van der Waals surface area contributed by atoms with Crippen LogP contribution in [0.25, 0.3) is 10.9 Å². The van der Waals surface area contributed by atoms with Crippen molar-refractivity contribution in [3.05, 3.63) is 59.3 Å². The average molecular weight is 348 g/mol. The predicted molar refractivity (Wildman–Crippen MR) is 89.0 cm³/mol. The lowest BCUT2D eigenvalue weighted by molar-refractivity contribution is 0.100. The van der Waals surface area contributed by atoms with Crippen LogP contribution in [0, 0.1) is 11.6 Å². The third kappa shape index (κ3) is 2.82. The molecular formula is C17H14F2N2O2S. The molecule has 3 rings (SSSR count). The topological polar surface area (TPSA) is 68.2 Å². The molecule has 0 unspecified atom stereocenters. The zero-order valence-corrected chi connectivity index (χ0v) is 13.5. The monoisotopic (exact) mass is 348 g/mol. The highest BCUT2D eigenvalue weighted by Crippen LogP contribution is 2.33. The second-order valence-electron chi connectivity index (χ2n) is 5.31. The summed E-state index contributed by atoms with van der Waals surface area (Å²) in [6, 6.07) is 8.03. The summed E-state index contributed by atoms with van der Waals surface area (Å²) in [6.07, 6.45) is 0. The Balaban J connectivity index is 2.04. The van der Waals surface area contributed by atoms with Crippen LogP contribution in [0.2, 0.25) is 0 Å². The molecule has 0 radical (unpaired) electrons. The predicted octanol–water partition coefficient (Wildman–Crippen LogP) is 3.55. The molecular weight excluding hydrogens is 334 g/mol. The van der Waals surface area contributed by atoms with Crippen LogP contribution in [0.3, 0.4) is 0 Å². The van der Waals surface area contributed by atoms with E-state index in [0.717, 1.165) is 23.3 Å². The lowest BCUT2D eigenvalue weighted by Crippen LogP contribution is -2.13. The number of carbonyl (C=O) groups excluding carboxylic acids is 1. The number of rotatable bonds is 4. The number of aromatic hydroxyl groups is 1. The summed E-state index contributed by atoms with van der Waals surface area (Å²) in [5.41, 5.74) is 7.13. The minimum Gasteiger partial charge on any atom is -0.508 e. The van der Waals surface area contributed by atoms with E-state index in [9.17, 15) is 18.7 Å². The van der Waals surface area contributed by atoms with E-state index < -0.39 is 17.5 Å². The van der Waals surface area contributed by atoms with Crippen LogP contribution in [0.15, 0.2) is 41.3 Å². The van der Waals surface area contributed by atoms with Gasteiger partial charge >= 0.3 is 0 Å². The van der Waals surface area contributed by atoms with E-state index in [1.54, 1.807) is 17.7 Å². The van der Waals surface area contributed by atoms with Gasteiger partial charge < -0.3 is 15.4 Å². The van der Waals surface area contributed by atoms with Crippen LogP contribution >= 0.6 is 11.8 Å². The van der Waals surface area contributed by atoms with Crippen LogP contribution in [0.4, 0.5) is 8.78 Å². The maximum absolute atomic E-state index is 13.8. The molecule has 1 aromatic heterocycles. The number of phenols is 1. The summed E-state index contributed by atoms with van der Waals surface area (Å²) in [6.45, 7) is 0. The third-order valence-corrected chi connectivity index (χ3v) is 4.87.